The molecule has 3 unspecified atom stereocenters. The van der Waals surface area contributed by atoms with Crippen LogP contribution in [0.4, 0.5) is 0 Å². The van der Waals surface area contributed by atoms with E-state index < -0.39 is 0 Å². The average Bonchev–Trinajstić information content (AvgIpc) is 2.74. The molecule has 0 aromatic heterocycles. The van der Waals surface area contributed by atoms with Gasteiger partial charge in [0, 0.05) is 24.4 Å². The van der Waals surface area contributed by atoms with Crippen LogP contribution in [0.2, 0.25) is 0 Å². The second-order valence-electron chi connectivity index (χ2n) is 4.94. The first-order chi connectivity index (χ1) is 7.31. The Kier molecular flexibility index (Phi) is 4.35. The summed E-state index contributed by atoms with van der Waals surface area (Å²) in [6, 6.07) is 1.65. The van der Waals surface area contributed by atoms with E-state index in [0.717, 1.165) is 24.5 Å². The van der Waals surface area contributed by atoms with E-state index in [1.807, 2.05) is 0 Å². The molecule has 2 aliphatic rings. The Morgan fingerprint density at radius 1 is 1.40 bits per heavy atom. The summed E-state index contributed by atoms with van der Waals surface area (Å²) in [6.07, 6.45) is 2.76. The number of hydrogen-bond donors (Lipinski definition) is 1. The van der Waals surface area contributed by atoms with Crippen LogP contribution in [0.5, 0.6) is 0 Å². The van der Waals surface area contributed by atoms with Crippen molar-refractivity contribution in [3.8, 4) is 0 Å². The Balaban J connectivity index is 1.81. The first-order valence-corrected chi connectivity index (χ1v) is 7.52. The average molecular weight is 228 g/mol. The molecule has 2 rings (SSSR count). The van der Waals surface area contributed by atoms with Gasteiger partial charge in [0.05, 0.1) is 0 Å². The highest BCUT2D eigenvalue weighted by Gasteiger charge is 2.30. The molecule has 2 fully saturated rings. The number of piperidine rings is 1. The van der Waals surface area contributed by atoms with Gasteiger partial charge >= 0.3 is 0 Å². The van der Waals surface area contributed by atoms with Gasteiger partial charge in [-0.15, -0.1) is 0 Å². The van der Waals surface area contributed by atoms with Crippen LogP contribution in [-0.4, -0.2) is 48.1 Å². The third-order valence-electron chi connectivity index (χ3n) is 3.83. The molecule has 0 aromatic carbocycles. The van der Waals surface area contributed by atoms with Crippen molar-refractivity contribution >= 4 is 11.8 Å². The molecule has 0 spiro atoms. The van der Waals surface area contributed by atoms with Gasteiger partial charge in [0.15, 0.2) is 0 Å². The van der Waals surface area contributed by atoms with Crippen LogP contribution in [0.1, 0.15) is 26.7 Å². The number of nitrogens with one attached hydrogen (secondary N) is 1. The van der Waals surface area contributed by atoms with Crippen LogP contribution >= 0.6 is 11.8 Å². The summed E-state index contributed by atoms with van der Waals surface area (Å²) in [6.45, 7) is 8.36. The second-order valence-corrected chi connectivity index (χ2v) is 6.09. The molecular weight excluding hydrogens is 204 g/mol. The van der Waals surface area contributed by atoms with Crippen molar-refractivity contribution in [3.63, 3.8) is 0 Å². The Hall–Kier alpha value is 0.270. The van der Waals surface area contributed by atoms with Gasteiger partial charge in [-0.3, -0.25) is 4.90 Å². The van der Waals surface area contributed by atoms with Crippen LogP contribution in [0.25, 0.3) is 0 Å². The summed E-state index contributed by atoms with van der Waals surface area (Å²) in [5, 5.41) is 3.61. The minimum atomic E-state index is 0.764. The molecule has 2 aliphatic heterocycles. The summed E-state index contributed by atoms with van der Waals surface area (Å²) in [5.41, 5.74) is 0. The van der Waals surface area contributed by atoms with Crippen molar-refractivity contribution in [1.29, 1.82) is 0 Å². The predicted octanol–water partition coefficient (Wildman–Crippen LogP) is 1.81. The Morgan fingerprint density at radius 3 is 2.87 bits per heavy atom. The lowest BCUT2D eigenvalue weighted by molar-refractivity contribution is 0.114. The van der Waals surface area contributed by atoms with Crippen molar-refractivity contribution in [1.82, 2.24) is 10.2 Å². The molecule has 1 N–H and O–H groups in total. The molecular formula is C12H24N2S. The molecule has 2 nitrogen and oxygen atoms in total. The van der Waals surface area contributed by atoms with E-state index >= 15 is 0 Å². The van der Waals surface area contributed by atoms with Gasteiger partial charge in [0.2, 0.25) is 0 Å². The molecule has 15 heavy (non-hydrogen) atoms. The van der Waals surface area contributed by atoms with E-state index in [4.69, 9.17) is 0 Å². The highest BCUT2D eigenvalue weighted by atomic mass is 32.2. The van der Waals surface area contributed by atoms with Crippen molar-refractivity contribution < 1.29 is 0 Å². The molecule has 3 heteroatoms. The Bertz CT molecular complexity index is 192. The van der Waals surface area contributed by atoms with Crippen LogP contribution in [-0.2, 0) is 0 Å². The second kappa shape index (κ2) is 5.55. The zero-order valence-electron chi connectivity index (χ0n) is 10.0. The number of rotatable bonds is 3. The van der Waals surface area contributed by atoms with Gasteiger partial charge in [0.25, 0.3) is 0 Å². The minimum Gasteiger partial charge on any atom is -0.314 e. The maximum absolute atomic E-state index is 3.61. The third-order valence-corrected chi connectivity index (χ3v) is 4.97. The fourth-order valence-electron chi connectivity index (χ4n) is 2.88. The predicted molar refractivity (Wildman–Crippen MR) is 68.5 cm³/mol. The Labute approximate surface area is 98.2 Å². The summed E-state index contributed by atoms with van der Waals surface area (Å²) in [4.78, 5) is 2.73. The van der Waals surface area contributed by atoms with Crippen molar-refractivity contribution in [2.45, 2.75) is 38.8 Å². The van der Waals surface area contributed by atoms with Crippen molar-refractivity contribution in [2.75, 3.05) is 31.1 Å². The molecule has 0 aromatic rings. The topological polar surface area (TPSA) is 15.3 Å². The van der Waals surface area contributed by atoms with Gasteiger partial charge in [-0.2, -0.15) is 11.8 Å². The van der Waals surface area contributed by atoms with E-state index in [9.17, 15) is 0 Å². The molecule has 0 aliphatic carbocycles. The number of nitrogens with zero attached hydrogens (tertiary/aromatic N) is 1. The standard InChI is InChI=1S/C12H24N2S/c1-3-13-12-4-6-14(8-10(12)2)11-5-7-15-9-11/h10-13H,3-9H2,1-2H3. The van der Waals surface area contributed by atoms with E-state index in [1.165, 1.54) is 37.4 Å². The smallest absolute Gasteiger partial charge is 0.0194 e. The van der Waals surface area contributed by atoms with Gasteiger partial charge in [0.1, 0.15) is 0 Å². The zero-order chi connectivity index (χ0) is 10.7. The van der Waals surface area contributed by atoms with E-state index in [1.54, 1.807) is 0 Å². The van der Waals surface area contributed by atoms with Gasteiger partial charge in [-0.05, 0) is 37.6 Å². The monoisotopic (exact) mass is 228 g/mol. The van der Waals surface area contributed by atoms with Crippen LogP contribution < -0.4 is 5.32 Å². The lowest BCUT2D eigenvalue weighted by Crippen LogP contribution is -2.51. The molecule has 0 saturated carbocycles. The number of hydrogen-bond acceptors (Lipinski definition) is 3. The molecule has 2 saturated heterocycles. The summed E-state index contributed by atoms with van der Waals surface area (Å²) < 4.78 is 0. The minimum absolute atomic E-state index is 0.764. The normalized spacial score (nSPS) is 38.4. The zero-order valence-corrected chi connectivity index (χ0v) is 10.9. The lowest BCUT2D eigenvalue weighted by Gasteiger charge is -2.40. The number of thioether (sulfide) groups is 1. The van der Waals surface area contributed by atoms with Crippen LogP contribution in [0.3, 0.4) is 0 Å². The maximum atomic E-state index is 3.61. The molecule has 88 valence electrons. The molecule has 0 bridgehead atoms. The summed E-state index contributed by atoms with van der Waals surface area (Å²) >= 11 is 2.13. The first-order valence-electron chi connectivity index (χ1n) is 6.36. The van der Waals surface area contributed by atoms with Crippen LogP contribution in [0.15, 0.2) is 0 Å². The van der Waals surface area contributed by atoms with Gasteiger partial charge in [-0.25, -0.2) is 0 Å². The summed E-state index contributed by atoms with van der Waals surface area (Å²) in [7, 11) is 0. The SMILES string of the molecule is CCNC1CCN(C2CCSC2)CC1C. The fourth-order valence-corrected chi connectivity index (χ4v) is 4.14. The quantitative estimate of drug-likeness (QED) is 0.793. The van der Waals surface area contributed by atoms with E-state index in [2.05, 4.69) is 35.8 Å². The van der Waals surface area contributed by atoms with Crippen LogP contribution in [0, 0.1) is 5.92 Å². The number of likely N-dealkylation sites (tertiary alicyclic amines) is 1. The fraction of sp³-hybridized carbons (Fsp3) is 1.00. The van der Waals surface area contributed by atoms with Gasteiger partial charge in [-0.1, -0.05) is 13.8 Å². The largest absolute Gasteiger partial charge is 0.314 e. The third kappa shape index (κ3) is 2.89. The van der Waals surface area contributed by atoms with Gasteiger partial charge < -0.3 is 5.32 Å². The Morgan fingerprint density at radius 2 is 2.27 bits per heavy atom. The summed E-state index contributed by atoms with van der Waals surface area (Å²) in [5.74, 6) is 3.58. The van der Waals surface area contributed by atoms with E-state index in [0.29, 0.717) is 0 Å². The molecule has 0 amide bonds. The highest BCUT2D eigenvalue weighted by molar-refractivity contribution is 7.99. The van der Waals surface area contributed by atoms with E-state index in [-0.39, 0.29) is 0 Å². The van der Waals surface area contributed by atoms with Crippen molar-refractivity contribution in [2.24, 2.45) is 5.92 Å². The van der Waals surface area contributed by atoms with Crippen molar-refractivity contribution in [3.05, 3.63) is 0 Å². The lowest BCUT2D eigenvalue weighted by atomic mass is 9.92. The molecule has 3 atom stereocenters. The molecule has 0 radical (unpaired) electrons. The first kappa shape index (κ1) is 11.7. The highest BCUT2D eigenvalue weighted by Crippen LogP contribution is 2.26. The molecule has 2 heterocycles. The maximum Gasteiger partial charge on any atom is 0.0194 e.